The van der Waals surface area contributed by atoms with Crippen molar-refractivity contribution >= 4 is 34.0 Å². The standard InChI is InChI=1S/C20H16N2O2/c23-19-13-22(18-8-4-3-7-17(18)21-19)20(24)12-14-9-10-15-5-1-2-6-16(15)11-14/h1-11H,12-13H2,(H,21,23). The molecule has 0 atom stereocenters. The van der Waals surface area contributed by atoms with Crippen LogP contribution in [0.1, 0.15) is 5.56 Å². The van der Waals surface area contributed by atoms with Crippen molar-refractivity contribution in [1.82, 2.24) is 0 Å². The van der Waals surface area contributed by atoms with Gasteiger partial charge in [0.1, 0.15) is 6.54 Å². The van der Waals surface area contributed by atoms with Gasteiger partial charge in [0.15, 0.2) is 0 Å². The van der Waals surface area contributed by atoms with Gasteiger partial charge in [0.25, 0.3) is 0 Å². The maximum absolute atomic E-state index is 12.8. The number of carbonyl (C=O) groups is 2. The summed E-state index contributed by atoms with van der Waals surface area (Å²) in [5, 5.41) is 5.06. The molecule has 0 unspecified atom stereocenters. The van der Waals surface area contributed by atoms with Crippen LogP contribution in [0.3, 0.4) is 0 Å². The second-order valence-electron chi connectivity index (χ2n) is 5.90. The minimum absolute atomic E-state index is 0.0590. The zero-order valence-electron chi connectivity index (χ0n) is 13.0. The first-order valence-electron chi connectivity index (χ1n) is 7.88. The average molecular weight is 316 g/mol. The SMILES string of the molecule is O=C1CN(C(=O)Cc2ccc3ccccc3c2)c2ccccc2N1. The number of hydrogen-bond acceptors (Lipinski definition) is 2. The lowest BCUT2D eigenvalue weighted by molar-refractivity contribution is -0.121. The summed E-state index contributed by atoms with van der Waals surface area (Å²) in [5.74, 6) is -0.242. The average Bonchev–Trinajstić information content (AvgIpc) is 2.60. The third kappa shape index (κ3) is 2.63. The molecule has 0 bridgehead atoms. The number of hydrogen-bond donors (Lipinski definition) is 1. The van der Waals surface area contributed by atoms with Crippen molar-refractivity contribution in [3.63, 3.8) is 0 Å². The van der Waals surface area contributed by atoms with E-state index >= 15 is 0 Å². The van der Waals surface area contributed by atoms with Crippen LogP contribution in [0.4, 0.5) is 11.4 Å². The summed E-state index contributed by atoms with van der Waals surface area (Å²) in [4.78, 5) is 26.2. The molecule has 1 N–H and O–H groups in total. The molecule has 0 saturated carbocycles. The van der Waals surface area contributed by atoms with E-state index in [1.54, 1.807) is 4.90 Å². The van der Waals surface area contributed by atoms with Gasteiger partial charge in [-0.3, -0.25) is 9.59 Å². The van der Waals surface area contributed by atoms with E-state index in [4.69, 9.17) is 0 Å². The number of rotatable bonds is 2. The van der Waals surface area contributed by atoms with E-state index < -0.39 is 0 Å². The lowest BCUT2D eigenvalue weighted by Gasteiger charge is -2.29. The van der Waals surface area contributed by atoms with Gasteiger partial charge in [-0.05, 0) is 28.5 Å². The van der Waals surface area contributed by atoms with Gasteiger partial charge >= 0.3 is 0 Å². The Bertz CT molecular complexity index is 949. The van der Waals surface area contributed by atoms with Crippen LogP contribution in [0.2, 0.25) is 0 Å². The van der Waals surface area contributed by atoms with Crippen molar-refractivity contribution in [2.75, 3.05) is 16.8 Å². The van der Waals surface area contributed by atoms with Crippen molar-refractivity contribution < 1.29 is 9.59 Å². The highest BCUT2D eigenvalue weighted by atomic mass is 16.2. The Labute approximate surface area is 139 Å². The van der Waals surface area contributed by atoms with E-state index in [0.717, 1.165) is 22.0 Å². The first kappa shape index (κ1) is 14.5. The van der Waals surface area contributed by atoms with E-state index in [9.17, 15) is 9.59 Å². The van der Waals surface area contributed by atoms with Crippen LogP contribution in [0, 0.1) is 0 Å². The smallest absolute Gasteiger partial charge is 0.244 e. The first-order chi connectivity index (χ1) is 11.7. The molecule has 1 aliphatic heterocycles. The molecule has 0 aliphatic carbocycles. The maximum atomic E-state index is 12.8. The Morgan fingerprint density at radius 2 is 1.71 bits per heavy atom. The van der Waals surface area contributed by atoms with E-state index in [1.807, 2.05) is 66.7 Å². The fraction of sp³-hybridized carbons (Fsp3) is 0.100. The Morgan fingerprint density at radius 3 is 2.58 bits per heavy atom. The predicted molar refractivity (Wildman–Crippen MR) is 95.1 cm³/mol. The minimum Gasteiger partial charge on any atom is -0.323 e. The predicted octanol–water partition coefficient (Wildman–Crippen LogP) is 3.37. The zero-order valence-corrected chi connectivity index (χ0v) is 13.0. The summed E-state index contributed by atoms with van der Waals surface area (Å²) in [6.07, 6.45) is 0.270. The van der Waals surface area contributed by atoms with Crippen molar-refractivity contribution in [3.8, 4) is 0 Å². The molecule has 4 rings (SSSR count). The van der Waals surface area contributed by atoms with Gasteiger partial charge in [0, 0.05) is 0 Å². The summed E-state index contributed by atoms with van der Waals surface area (Å²) in [7, 11) is 0. The number of fused-ring (bicyclic) bond motifs is 2. The summed E-state index contributed by atoms with van der Waals surface area (Å²) < 4.78 is 0. The minimum atomic E-state index is -0.166. The van der Waals surface area contributed by atoms with E-state index in [1.165, 1.54) is 0 Å². The molecule has 3 aromatic rings. The summed E-state index contributed by atoms with van der Waals surface area (Å²) >= 11 is 0. The third-order valence-corrected chi connectivity index (χ3v) is 4.24. The van der Waals surface area contributed by atoms with Crippen LogP contribution in [0.25, 0.3) is 10.8 Å². The zero-order chi connectivity index (χ0) is 16.5. The Hall–Kier alpha value is -3.14. The molecular formula is C20H16N2O2. The molecule has 0 spiro atoms. The van der Waals surface area contributed by atoms with Crippen LogP contribution < -0.4 is 10.2 Å². The van der Waals surface area contributed by atoms with Gasteiger partial charge in [0.2, 0.25) is 11.8 Å². The van der Waals surface area contributed by atoms with Gasteiger partial charge < -0.3 is 10.2 Å². The molecule has 4 heteroatoms. The quantitative estimate of drug-likeness (QED) is 0.788. The molecule has 118 valence electrons. The normalized spacial score (nSPS) is 13.5. The Balaban J connectivity index is 1.62. The first-order valence-corrected chi connectivity index (χ1v) is 7.88. The topological polar surface area (TPSA) is 49.4 Å². The molecule has 0 fully saturated rings. The molecule has 2 amide bonds. The van der Waals surface area contributed by atoms with Gasteiger partial charge in [-0.15, -0.1) is 0 Å². The number of para-hydroxylation sites is 2. The number of amides is 2. The molecule has 0 saturated heterocycles. The Kier molecular flexibility index (Phi) is 3.50. The molecule has 1 aliphatic rings. The number of benzene rings is 3. The van der Waals surface area contributed by atoms with Crippen molar-refractivity contribution in [2.45, 2.75) is 6.42 Å². The fourth-order valence-electron chi connectivity index (χ4n) is 3.07. The molecule has 4 nitrogen and oxygen atoms in total. The fourth-order valence-corrected chi connectivity index (χ4v) is 3.07. The van der Waals surface area contributed by atoms with E-state index in [0.29, 0.717) is 5.69 Å². The van der Waals surface area contributed by atoms with Crippen molar-refractivity contribution in [3.05, 3.63) is 72.3 Å². The number of carbonyl (C=O) groups excluding carboxylic acids is 2. The summed E-state index contributed by atoms with van der Waals surface area (Å²) in [5.41, 5.74) is 2.38. The molecule has 3 aromatic carbocycles. The highest BCUT2D eigenvalue weighted by molar-refractivity contribution is 6.10. The van der Waals surface area contributed by atoms with Crippen LogP contribution >= 0.6 is 0 Å². The second kappa shape index (κ2) is 5.81. The van der Waals surface area contributed by atoms with Gasteiger partial charge in [-0.2, -0.15) is 0 Å². The molecule has 1 heterocycles. The van der Waals surface area contributed by atoms with Crippen LogP contribution in [0.5, 0.6) is 0 Å². The Morgan fingerprint density at radius 1 is 0.958 bits per heavy atom. The summed E-state index contributed by atoms with van der Waals surface area (Å²) in [6, 6.07) is 21.5. The lowest BCUT2D eigenvalue weighted by atomic mass is 10.0. The maximum Gasteiger partial charge on any atom is 0.244 e. The van der Waals surface area contributed by atoms with E-state index in [-0.39, 0.29) is 24.8 Å². The van der Waals surface area contributed by atoms with Crippen LogP contribution in [0.15, 0.2) is 66.7 Å². The summed E-state index contributed by atoms with van der Waals surface area (Å²) in [6.45, 7) is 0.0590. The number of anilines is 2. The third-order valence-electron chi connectivity index (χ3n) is 4.24. The van der Waals surface area contributed by atoms with Crippen LogP contribution in [-0.4, -0.2) is 18.4 Å². The van der Waals surface area contributed by atoms with Gasteiger partial charge in [-0.25, -0.2) is 0 Å². The molecule has 0 aromatic heterocycles. The number of nitrogens with one attached hydrogen (secondary N) is 1. The highest BCUT2D eigenvalue weighted by Gasteiger charge is 2.26. The molecule has 0 radical (unpaired) electrons. The van der Waals surface area contributed by atoms with Crippen LogP contribution in [-0.2, 0) is 16.0 Å². The van der Waals surface area contributed by atoms with Gasteiger partial charge in [-0.1, -0.05) is 54.6 Å². The van der Waals surface area contributed by atoms with Crippen molar-refractivity contribution in [1.29, 1.82) is 0 Å². The largest absolute Gasteiger partial charge is 0.323 e. The van der Waals surface area contributed by atoms with Crippen molar-refractivity contribution in [2.24, 2.45) is 0 Å². The monoisotopic (exact) mass is 316 g/mol. The van der Waals surface area contributed by atoms with E-state index in [2.05, 4.69) is 5.32 Å². The second-order valence-corrected chi connectivity index (χ2v) is 5.90. The highest BCUT2D eigenvalue weighted by Crippen LogP contribution is 2.29. The molecular weight excluding hydrogens is 300 g/mol. The lowest BCUT2D eigenvalue weighted by Crippen LogP contribution is -2.42. The number of nitrogens with zero attached hydrogens (tertiary/aromatic N) is 1. The molecule has 24 heavy (non-hydrogen) atoms. The van der Waals surface area contributed by atoms with Gasteiger partial charge in [0.05, 0.1) is 17.8 Å².